The number of rotatable bonds is 12. The average Bonchev–Trinajstić information content (AvgIpc) is 2.75. The molecule has 4 nitrogen and oxygen atoms in total. The summed E-state index contributed by atoms with van der Waals surface area (Å²) in [5.41, 5.74) is 2.58. The van der Waals surface area contributed by atoms with Crippen molar-refractivity contribution in [1.29, 1.82) is 0 Å². The minimum absolute atomic E-state index is 0.0444. The Balaban J connectivity index is 1.98. The van der Waals surface area contributed by atoms with Gasteiger partial charge in [-0.25, -0.2) is 0 Å². The highest BCUT2D eigenvalue weighted by atomic mass is 35.5. The van der Waals surface area contributed by atoms with Crippen LogP contribution < -0.4 is 10.1 Å². The summed E-state index contributed by atoms with van der Waals surface area (Å²) >= 11 is 6.39. The number of nitrogens with zero attached hydrogens (tertiary/aromatic N) is 1. The third-order valence-corrected chi connectivity index (χ3v) is 5.27. The zero-order valence-electron chi connectivity index (χ0n) is 17.8. The summed E-state index contributed by atoms with van der Waals surface area (Å²) in [6, 6.07) is 13.4. The molecule has 0 unspecified atom stereocenters. The van der Waals surface area contributed by atoms with E-state index < -0.39 is 0 Å². The summed E-state index contributed by atoms with van der Waals surface area (Å²) in [4.78, 5) is 14.9. The fourth-order valence-corrected chi connectivity index (χ4v) is 3.35. The highest BCUT2D eigenvalue weighted by Gasteiger charge is 2.09. The highest BCUT2D eigenvalue weighted by Crippen LogP contribution is 2.31. The summed E-state index contributed by atoms with van der Waals surface area (Å²) in [5, 5.41) is 3.61. The van der Waals surface area contributed by atoms with E-state index in [1.54, 1.807) is 0 Å². The Kier molecular flexibility index (Phi) is 10.0. The number of carbonyl (C=O) groups is 1. The second-order valence-corrected chi connectivity index (χ2v) is 7.47. The number of carbonyl (C=O) groups excluding carboxylic acids is 1. The summed E-state index contributed by atoms with van der Waals surface area (Å²) in [5.74, 6) is 0.656. The molecule has 29 heavy (non-hydrogen) atoms. The first-order valence-corrected chi connectivity index (χ1v) is 11.0. The molecule has 1 amide bonds. The van der Waals surface area contributed by atoms with Crippen LogP contribution in [0.15, 0.2) is 42.5 Å². The van der Waals surface area contributed by atoms with Crippen LogP contribution in [-0.4, -0.2) is 43.6 Å². The number of hydrogen-bond donors (Lipinski definition) is 1. The zero-order chi connectivity index (χ0) is 21.1. The first-order valence-electron chi connectivity index (χ1n) is 10.6. The van der Waals surface area contributed by atoms with Crippen LogP contribution in [0.25, 0.3) is 11.1 Å². The van der Waals surface area contributed by atoms with Crippen molar-refractivity contribution in [2.45, 2.75) is 40.0 Å². The van der Waals surface area contributed by atoms with Gasteiger partial charge >= 0.3 is 0 Å². The lowest BCUT2D eigenvalue weighted by atomic mass is 10.0. The van der Waals surface area contributed by atoms with Crippen LogP contribution in [0.5, 0.6) is 5.75 Å². The molecule has 1 N–H and O–H groups in total. The van der Waals surface area contributed by atoms with Gasteiger partial charge in [-0.15, -0.1) is 0 Å². The summed E-state index contributed by atoms with van der Waals surface area (Å²) in [7, 11) is 0. The molecule has 2 aromatic carbocycles. The number of unbranched alkanes of at least 4 members (excludes halogenated alkanes) is 1. The lowest BCUT2D eigenvalue weighted by Crippen LogP contribution is -2.29. The summed E-state index contributed by atoms with van der Waals surface area (Å²) < 4.78 is 5.72. The third-order valence-electron chi connectivity index (χ3n) is 4.98. The zero-order valence-corrected chi connectivity index (χ0v) is 18.6. The van der Waals surface area contributed by atoms with E-state index in [0.717, 1.165) is 50.0 Å². The first kappa shape index (κ1) is 23.2. The van der Waals surface area contributed by atoms with E-state index in [0.29, 0.717) is 29.5 Å². The molecule has 2 aromatic rings. The van der Waals surface area contributed by atoms with Crippen LogP contribution in [-0.2, 0) is 0 Å². The average molecular weight is 417 g/mol. The van der Waals surface area contributed by atoms with E-state index in [4.69, 9.17) is 16.3 Å². The Morgan fingerprint density at radius 1 is 1.03 bits per heavy atom. The van der Waals surface area contributed by atoms with Crippen molar-refractivity contribution in [3.8, 4) is 16.9 Å². The summed E-state index contributed by atoms with van der Waals surface area (Å²) in [6.07, 6.45) is 3.03. The summed E-state index contributed by atoms with van der Waals surface area (Å²) in [6.45, 7) is 10.9. The molecule has 0 saturated carbocycles. The molecule has 2 rings (SSSR count). The van der Waals surface area contributed by atoms with Crippen LogP contribution in [0.2, 0.25) is 5.02 Å². The third kappa shape index (κ3) is 7.37. The maximum absolute atomic E-state index is 12.5. The number of nitrogens with one attached hydrogen (secondary N) is 1. The Bertz CT molecular complexity index is 775. The van der Waals surface area contributed by atoms with Gasteiger partial charge in [0.25, 0.3) is 5.91 Å². The van der Waals surface area contributed by atoms with Crippen LogP contribution in [0, 0.1) is 0 Å². The normalized spacial score (nSPS) is 10.9. The van der Waals surface area contributed by atoms with E-state index >= 15 is 0 Å². The second-order valence-electron chi connectivity index (χ2n) is 7.06. The van der Waals surface area contributed by atoms with Crippen molar-refractivity contribution >= 4 is 17.5 Å². The van der Waals surface area contributed by atoms with E-state index in [-0.39, 0.29) is 5.91 Å². The van der Waals surface area contributed by atoms with E-state index in [1.807, 2.05) is 42.5 Å². The number of ether oxygens (including phenoxy) is 1. The molecule has 0 fully saturated rings. The van der Waals surface area contributed by atoms with Gasteiger partial charge in [0.15, 0.2) is 0 Å². The molecule has 0 saturated heterocycles. The van der Waals surface area contributed by atoms with Crippen molar-refractivity contribution in [3.63, 3.8) is 0 Å². The monoisotopic (exact) mass is 416 g/mol. The predicted octanol–water partition coefficient (Wildman–Crippen LogP) is 5.65. The van der Waals surface area contributed by atoms with Crippen LogP contribution >= 0.6 is 11.6 Å². The fraction of sp³-hybridized carbons (Fsp3) is 0.458. The fourth-order valence-electron chi connectivity index (χ4n) is 3.11. The van der Waals surface area contributed by atoms with Crippen molar-refractivity contribution in [3.05, 3.63) is 53.1 Å². The topological polar surface area (TPSA) is 41.6 Å². The smallest absolute Gasteiger partial charge is 0.251 e. The van der Waals surface area contributed by atoms with Crippen LogP contribution in [0.1, 0.15) is 50.4 Å². The van der Waals surface area contributed by atoms with Crippen molar-refractivity contribution < 1.29 is 9.53 Å². The quantitative estimate of drug-likeness (QED) is 0.454. The van der Waals surface area contributed by atoms with Crippen LogP contribution in [0.4, 0.5) is 0 Å². The molecule has 0 atom stereocenters. The Labute approximate surface area is 180 Å². The molecule has 0 radical (unpaired) electrons. The largest absolute Gasteiger partial charge is 0.492 e. The van der Waals surface area contributed by atoms with Gasteiger partial charge in [-0.05, 0) is 67.9 Å². The molecule has 0 spiro atoms. The molecule has 0 bridgehead atoms. The SMILES string of the molecule is CCCCOc1ccc(-c2cccc(C(=O)NCCCN(CC)CC)c2)cc1Cl. The minimum Gasteiger partial charge on any atom is -0.492 e. The van der Waals surface area contributed by atoms with Crippen molar-refractivity contribution in [2.24, 2.45) is 0 Å². The standard InChI is InChI=1S/C24H33ClN2O2/c1-4-7-16-29-23-13-12-20(18-22(23)25)19-10-8-11-21(17-19)24(28)26-14-9-15-27(5-2)6-3/h8,10-13,17-18H,4-7,9,14-16H2,1-3H3,(H,26,28). The van der Waals surface area contributed by atoms with Gasteiger partial charge in [0.2, 0.25) is 0 Å². The number of benzene rings is 2. The van der Waals surface area contributed by atoms with Gasteiger partial charge in [-0.2, -0.15) is 0 Å². The van der Waals surface area contributed by atoms with Crippen LogP contribution in [0.3, 0.4) is 0 Å². The molecule has 158 valence electrons. The maximum Gasteiger partial charge on any atom is 0.251 e. The van der Waals surface area contributed by atoms with Crippen molar-refractivity contribution in [2.75, 3.05) is 32.8 Å². The van der Waals surface area contributed by atoms with E-state index in [2.05, 4.69) is 31.0 Å². The Hall–Kier alpha value is -2.04. The Morgan fingerprint density at radius 3 is 2.48 bits per heavy atom. The second kappa shape index (κ2) is 12.5. The maximum atomic E-state index is 12.5. The first-order chi connectivity index (χ1) is 14.1. The number of amides is 1. The highest BCUT2D eigenvalue weighted by molar-refractivity contribution is 6.32. The predicted molar refractivity (Wildman–Crippen MR) is 122 cm³/mol. The molecule has 0 aliphatic heterocycles. The van der Waals surface area contributed by atoms with E-state index in [9.17, 15) is 4.79 Å². The molecular weight excluding hydrogens is 384 g/mol. The van der Waals surface area contributed by atoms with Gasteiger partial charge in [-0.1, -0.05) is 57.0 Å². The lowest BCUT2D eigenvalue weighted by Gasteiger charge is -2.17. The minimum atomic E-state index is -0.0444. The van der Waals surface area contributed by atoms with E-state index in [1.165, 1.54) is 0 Å². The molecule has 5 heteroatoms. The molecule has 0 heterocycles. The number of halogens is 1. The molecular formula is C24H33ClN2O2. The van der Waals surface area contributed by atoms with Gasteiger partial charge < -0.3 is 15.0 Å². The molecule has 0 aromatic heterocycles. The molecule has 0 aliphatic carbocycles. The van der Waals surface area contributed by atoms with Gasteiger partial charge in [0, 0.05) is 12.1 Å². The van der Waals surface area contributed by atoms with Gasteiger partial charge in [0.05, 0.1) is 11.6 Å². The van der Waals surface area contributed by atoms with Crippen molar-refractivity contribution in [1.82, 2.24) is 10.2 Å². The van der Waals surface area contributed by atoms with Gasteiger partial charge in [-0.3, -0.25) is 4.79 Å². The van der Waals surface area contributed by atoms with Gasteiger partial charge in [0.1, 0.15) is 5.75 Å². The molecule has 0 aliphatic rings. The lowest BCUT2D eigenvalue weighted by molar-refractivity contribution is 0.0952. The Morgan fingerprint density at radius 2 is 1.79 bits per heavy atom. The number of hydrogen-bond acceptors (Lipinski definition) is 3.